The lowest BCUT2D eigenvalue weighted by molar-refractivity contribution is 0.0996. The van der Waals surface area contributed by atoms with Crippen LogP contribution < -0.4 is 5.73 Å². The number of nitrogens with two attached hydrogens (primary N) is 1. The molecule has 112 valence electrons. The first-order valence-electron chi connectivity index (χ1n) is 7.39. The maximum atomic E-state index is 11.6. The Bertz CT molecular complexity index is 906. The van der Waals surface area contributed by atoms with E-state index in [2.05, 4.69) is 11.5 Å². The molecule has 3 rings (SSSR count). The van der Waals surface area contributed by atoms with Crippen molar-refractivity contribution in [3.63, 3.8) is 0 Å². The van der Waals surface area contributed by atoms with Crippen molar-refractivity contribution in [2.45, 2.75) is 26.8 Å². The minimum absolute atomic E-state index is 0.0482. The zero-order valence-electron chi connectivity index (χ0n) is 12.7. The predicted molar refractivity (Wildman–Crippen MR) is 88.3 cm³/mol. The number of benzene rings is 2. The first-order valence-corrected chi connectivity index (χ1v) is 7.39. The molecule has 2 aromatic carbocycles. The van der Waals surface area contributed by atoms with Crippen molar-refractivity contribution in [2.75, 3.05) is 0 Å². The summed E-state index contributed by atoms with van der Waals surface area (Å²) in [6, 6.07) is 11.2. The van der Waals surface area contributed by atoms with Gasteiger partial charge in [0.25, 0.3) is 0 Å². The second-order valence-corrected chi connectivity index (χ2v) is 5.54. The normalized spacial score (nSPS) is 11.2. The SMILES string of the molecule is CCCn1c2ccc(C(C)=O)cc2c2ccc(C(N)=O)cc21. The summed E-state index contributed by atoms with van der Waals surface area (Å²) in [6.07, 6.45) is 0.980. The lowest BCUT2D eigenvalue weighted by Crippen LogP contribution is -2.10. The number of Topliss-reactive ketones (excluding diaryl/α,β-unsaturated/α-hetero) is 1. The molecule has 0 saturated carbocycles. The van der Waals surface area contributed by atoms with Crippen LogP contribution in [-0.4, -0.2) is 16.3 Å². The lowest BCUT2D eigenvalue weighted by Gasteiger charge is -2.06. The van der Waals surface area contributed by atoms with Gasteiger partial charge in [-0.15, -0.1) is 0 Å². The molecule has 0 atom stereocenters. The quantitative estimate of drug-likeness (QED) is 0.748. The van der Waals surface area contributed by atoms with Crippen molar-refractivity contribution in [3.05, 3.63) is 47.5 Å². The number of carbonyl (C=O) groups is 2. The maximum absolute atomic E-state index is 11.6. The molecule has 0 saturated heterocycles. The summed E-state index contributed by atoms with van der Waals surface area (Å²) < 4.78 is 2.18. The van der Waals surface area contributed by atoms with Gasteiger partial charge in [0.1, 0.15) is 0 Å². The third-order valence-corrected chi connectivity index (χ3v) is 4.00. The summed E-state index contributed by atoms with van der Waals surface area (Å²) in [6.45, 7) is 4.53. The Morgan fingerprint density at radius 2 is 1.73 bits per heavy atom. The average Bonchev–Trinajstić information content (AvgIpc) is 2.80. The molecule has 0 unspecified atom stereocenters. The number of carbonyl (C=O) groups excluding carboxylic acids is 2. The fourth-order valence-electron chi connectivity index (χ4n) is 2.94. The Labute approximate surface area is 128 Å². The highest BCUT2D eigenvalue weighted by Gasteiger charge is 2.13. The zero-order chi connectivity index (χ0) is 15.9. The van der Waals surface area contributed by atoms with Gasteiger partial charge in [-0.1, -0.05) is 13.0 Å². The molecule has 3 aromatic rings. The van der Waals surface area contributed by atoms with Gasteiger partial charge in [-0.05, 0) is 43.7 Å². The van der Waals surface area contributed by atoms with Crippen LogP contribution in [0.4, 0.5) is 0 Å². The van der Waals surface area contributed by atoms with Gasteiger partial charge < -0.3 is 10.3 Å². The molecule has 0 fully saturated rings. The van der Waals surface area contributed by atoms with Crippen molar-refractivity contribution < 1.29 is 9.59 Å². The molecular formula is C18H18N2O2. The highest BCUT2D eigenvalue weighted by molar-refractivity contribution is 6.12. The average molecular weight is 294 g/mol. The Morgan fingerprint density at radius 1 is 1.00 bits per heavy atom. The van der Waals surface area contributed by atoms with Gasteiger partial charge in [0, 0.05) is 39.5 Å². The summed E-state index contributed by atoms with van der Waals surface area (Å²) in [7, 11) is 0. The molecule has 4 nitrogen and oxygen atoms in total. The highest BCUT2D eigenvalue weighted by atomic mass is 16.1. The van der Waals surface area contributed by atoms with Crippen LogP contribution in [0, 0.1) is 0 Å². The van der Waals surface area contributed by atoms with Crippen LogP contribution in [0.15, 0.2) is 36.4 Å². The number of rotatable bonds is 4. The van der Waals surface area contributed by atoms with Crippen LogP contribution in [-0.2, 0) is 6.54 Å². The topological polar surface area (TPSA) is 65.1 Å². The number of hydrogen-bond acceptors (Lipinski definition) is 2. The van der Waals surface area contributed by atoms with Crippen molar-refractivity contribution in [1.82, 2.24) is 4.57 Å². The molecule has 22 heavy (non-hydrogen) atoms. The van der Waals surface area contributed by atoms with Crippen molar-refractivity contribution in [3.8, 4) is 0 Å². The second-order valence-electron chi connectivity index (χ2n) is 5.54. The fraction of sp³-hybridized carbons (Fsp3) is 0.222. The number of fused-ring (bicyclic) bond motifs is 3. The number of hydrogen-bond donors (Lipinski definition) is 1. The summed E-state index contributed by atoms with van der Waals surface area (Å²) in [5.41, 5.74) is 8.64. The number of nitrogens with zero attached hydrogens (tertiary/aromatic N) is 1. The van der Waals surface area contributed by atoms with Gasteiger partial charge in [0.15, 0.2) is 5.78 Å². The van der Waals surface area contributed by atoms with E-state index in [1.165, 1.54) is 0 Å². The zero-order valence-corrected chi connectivity index (χ0v) is 12.7. The molecule has 0 aliphatic heterocycles. The third kappa shape index (κ3) is 2.17. The summed E-state index contributed by atoms with van der Waals surface area (Å²) in [5, 5.41) is 2.07. The lowest BCUT2D eigenvalue weighted by atomic mass is 10.1. The van der Waals surface area contributed by atoms with E-state index in [0.29, 0.717) is 11.1 Å². The first-order chi connectivity index (χ1) is 10.5. The molecule has 0 bridgehead atoms. The van der Waals surface area contributed by atoms with E-state index in [1.807, 2.05) is 30.3 Å². The largest absolute Gasteiger partial charge is 0.366 e. The van der Waals surface area contributed by atoms with E-state index >= 15 is 0 Å². The van der Waals surface area contributed by atoms with Gasteiger partial charge in [0.05, 0.1) is 0 Å². The summed E-state index contributed by atoms with van der Waals surface area (Å²) in [5.74, 6) is -0.383. The van der Waals surface area contributed by atoms with E-state index in [1.54, 1.807) is 13.0 Å². The van der Waals surface area contributed by atoms with Crippen LogP contribution in [0.2, 0.25) is 0 Å². The Morgan fingerprint density at radius 3 is 2.36 bits per heavy atom. The molecule has 1 amide bonds. The van der Waals surface area contributed by atoms with Crippen LogP contribution in [0.5, 0.6) is 0 Å². The number of amides is 1. The van der Waals surface area contributed by atoms with Crippen LogP contribution in [0.3, 0.4) is 0 Å². The van der Waals surface area contributed by atoms with Crippen LogP contribution in [0.25, 0.3) is 21.8 Å². The molecule has 0 aliphatic carbocycles. The smallest absolute Gasteiger partial charge is 0.248 e. The molecule has 0 radical (unpaired) electrons. The summed E-state index contributed by atoms with van der Waals surface area (Å²) >= 11 is 0. The monoisotopic (exact) mass is 294 g/mol. The molecule has 0 aliphatic rings. The number of primary amides is 1. The van der Waals surface area contributed by atoms with Gasteiger partial charge >= 0.3 is 0 Å². The minimum atomic E-state index is -0.431. The molecular weight excluding hydrogens is 276 g/mol. The second kappa shape index (κ2) is 5.30. The van der Waals surface area contributed by atoms with Crippen LogP contribution >= 0.6 is 0 Å². The van der Waals surface area contributed by atoms with Gasteiger partial charge in [0.2, 0.25) is 5.91 Å². The highest BCUT2D eigenvalue weighted by Crippen LogP contribution is 2.31. The minimum Gasteiger partial charge on any atom is -0.366 e. The van der Waals surface area contributed by atoms with Gasteiger partial charge in [-0.3, -0.25) is 9.59 Å². The Hall–Kier alpha value is -2.62. The predicted octanol–water partition coefficient (Wildman–Crippen LogP) is 3.51. The van der Waals surface area contributed by atoms with E-state index in [4.69, 9.17) is 5.73 Å². The van der Waals surface area contributed by atoms with Crippen molar-refractivity contribution in [2.24, 2.45) is 5.73 Å². The first kappa shape index (κ1) is 14.3. The van der Waals surface area contributed by atoms with E-state index < -0.39 is 5.91 Å². The fourth-order valence-corrected chi connectivity index (χ4v) is 2.94. The third-order valence-electron chi connectivity index (χ3n) is 4.00. The van der Waals surface area contributed by atoms with E-state index in [9.17, 15) is 9.59 Å². The van der Waals surface area contributed by atoms with E-state index in [0.717, 1.165) is 34.8 Å². The van der Waals surface area contributed by atoms with Crippen molar-refractivity contribution in [1.29, 1.82) is 0 Å². The maximum Gasteiger partial charge on any atom is 0.248 e. The molecule has 1 heterocycles. The number of ketones is 1. The standard InChI is InChI=1S/C18H18N2O2/c1-3-8-20-16-7-5-12(11(2)21)9-15(16)14-6-4-13(18(19)22)10-17(14)20/h4-7,9-10H,3,8H2,1-2H3,(H2,19,22). The number of aromatic nitrogens is 1. The van der Waals surface area contributed by atoms with Gasteiger partial charge in [-0.25, -0.2) is 0 Å². The molecule has 2 N–H and O–H groups in total. The number of aryl methyl sites for hydroxylation is 1. The Balaban J connectivity index is 2.40. The summed E-state index contributed by atoms with van der Waals surface area (Å²) in [4.78, 5) is 23.1. The molecule has 4 heteroatoms. The van der Waals surface area contributed by atoms with Crippen LogP contribution in [0.1, 0.15) is 41.0 Å². The van der Waals surface area contributed by atoms with Gasteiger partial charge in [-0.2, -0.15) is 0 Å². The molecule has 1 aromatic heterocycles. The Kier molecular flexibility index (Phi) is 3.45. The molecule has 0 spiro atoms. The van der Waals surface area contributed by atoms with Crippen molar-refractivity contribution >= 4 is 33.5 Å². The van der Waals surface area contributed by atoms with E-state index in [-0.39, 0.29) is 5.78 Å².